The van der Waals surface area contributed by atoms with Crippen molar-refractivity contribution in [2.24, 2.45) is 0 Å². The molecule has 0 aliphatic rings. The van der Waals surface area contributed by atoms with Gasteiger partial charge in [0.1, 0.15) is 0 Å². The third-order valence-electron chi connectivity index (χ3n) is 2.84. The predicted octanol–water partition coefficient (Wildman–Crippen LogP) is 4.37. The minimum atomic E-state index is -4.11. The average Bonchev–Trinajstić information content (AvgIpc) is 2.61. The van der Waals surface area contributed by atoms with Crippen LogP contribution in [-0.4, -0.2) is 42.9 Å². The van der Waals surface area contributed by atoms with Gasteiger partial charge in [0.05, 0.1) is 26.4 Å². The highest BCUT2D eigenvalue weighted by atomic mass is 31.2. The van der Waals surface area contributed by atoms with Crippen LogP contribution in [0.5, 0.6) is 0 Å². The van der Waals surface area contributed by atoms with Gasteiger partial charge < -0.3 is 23.2 Å². The lowest BCUT2D eigenvalue weighted by atomic mass is 10.3. The van der Waals surface area contributed by atoms with Crippen molar-refractivity contribution >= 4 is 21.2 Å². The lowest BCUT2D eigenvalue weighted by Crippen LogP contribution is -2.19. The number of aliphatic carboxylic acids is 1. The lowest BCUT2D eigenvalue weighted by molar-refractivity contribution is -0.137. The summed E-state index contributed by atoms with van der Waals surface area (Å²) in [6, 6.07) is 0. The normalized spacial score (nSPS) is 11.9. The van der Waals surface area contributed by atoms with Crippen molar-refractivity contribution in [3.05, 3.63) is 50.6 Å². The quantitative estimate of drug-likeness (QED) is 0.279. The van der Waals surface area contributed by atoms with Gasteiger partial charge in [-0.25, -0.2) is 0 Å². The molecule has 0 saturated carbocycles. The number of hydrogen-bond donors (Lipinski definition) is 1. The van der Waals surface area contributed by atoms with Crippen LogP contribution in [0, 0.1) is 0 Å². The molecular weight excluding hydrogens is 382 g/mol. The molecule has 148 valence electrons. The van der Waals surface area contributed by atoms with Gasteiger partial charge in [0.25, 0.3) is 0 Å². The monoisotopic (exact) mass is 408 g/mol. The average molecular weight is 408 g/mol. The summed E-state index contributed by atoms with van der Waals surface area (Å²) in [6.07, 6.45) is 4.57. The number of carboxylic acids is 1. The largest absolute Gasteiger partial charge is 0.481 e. The van der Waals surface area contributed by atoms with Crippen molar-refractivity contribution in [3.8, 4) is 0 Å². The molecule has 0 aromatic heterocycles. The highest BCUT2D eigenvalue weighted by molar-refractivity contribution is 7.72. The highest BCUT2D eigenvalue weighted by Gasteiger charge is 2.50. The van der Waals surface area contributed by atoms with Gasteiger partial charge in [0.2, 0.25) is 0 Å². The van der Waals surface area contributed by atoms with Gasteiger partial charge >= 0.3 is 21.2 Å². The zero-order valence-electron chi connectivity index (χ0n) is 14.7. The Morgan fingerprint density at radius 1 is 0.808 bits per heavy atom. The van der Waals surface area contributed by atoms with Gasteiger partial charge in [0.15, 0.2) is 5.40 Å². The fourth-order valence-electron chi connectivity index (χ4n) is 1.79. The van der Waals surface area contributed by atoms with E-state index in [9.17, 15) is 13.9 Å². The maximum Gasteiger partial charge on any atom is 0.346 e. The Morgan fingerprint density at radius 3 is 1.35 bits per heavy atom. The van der Waals surface area contributed by atoms with E-state index in [-0.39, 0.29) is 32.8 Å². The Labute approximate surface area is 154 Å². The maximum absolute atomic E-state index is 13.3. The molecular formula is C16H26O8P2. The number of carbonyl (C=O) groups is 1. The van der Waals surface area contributed by atoms with E-state index in [1.54, 1.807) is 0 Å². The molecule has 0 aliphatic carbocycles. The van der Waals surface area contributed by atoms with Gasteiger partial charge in [-0.05, 0) is 6.42 Å². The summed E-state index contributed by atoms with van der Waals surface area (Å²) >= 11 is 0. The second-order valence-corrected chi connectivity index (χ2v) is 9.68. The maximum atomic E-state index is 13.3. The van der Waals surface area contributed by atoms with Crippen LogP contribution in [0.15, 0.2) is 50.6 Å². The molecule has 1 N–H and O–H groups in total. The summed E-state index contributed by atoms with van der Waals surface area (Å²) < 4.78 is 47.7. The van der Waals surface area contributed by atoms with Crippen molar-refractivity contribution < 1.29 is 37.1 Å². The fourth-order valence-corrected chi connectivity index (χ4v) is 6.95. The van der Waals surface area contributed by atoms with Crippen molar-refractivity contribution in [2.45, 2.75) is 18.2 Å². The third-order valence-corrected chi connectivity index (χ3v) is 8.55. The van der Waals surface area contributed by atoms with Crippen LogP contribution in [0.25, 0.3) is 0 Å². The molecule has 0 atom stereocenters. The lowest BCUT2D eigenvalue weighted by Gasteiger charge is -2.31. The Hall–Kier alpha value is -1.27. The van der Waals surface area contributed by atoms with Gasteiger partial charge in [-0.15, -0.1) is 26.3 Å². The van der Waals surface area contributed by atoms with Gasteiger partial charge in [-0.2, -0.15) is 0 Å². The van der Waals surface area contributed by atoms with Gasteiger partial charge in [0, 0.05) is 6.42 Å². The fraction of sp³-hybridized carbons (Fsp3) is 0.438. The van der Waals surface area contributed by atoms with E-state index < -0.39 is 33.0 Å². The summed E-state index contributed by atoms with van der Waals surface area (Å²) in [6.45, 7) is 13.2. The third kappa shape index (κ3) is 8.41. The Kier molecular flexibility index (Phi) is 12.3. The summed E-state index contributed by atoms with van der Waals surface area (Å²) in [4.78, 5) is 11.0. The number of rotatable bonds is 17. The Balaban J connectivity index is 5.98. The van der Waals surface area contributed by atoms with E-state index in [0.717, 1.165) is 0 Å². The molecule has 26 heavy (non-hydrogen) atoms. The van der Waals surface area contributed by atoms with E-state index in [1.807, 2.05) is 0 Å². The second kappa shape index (κ2) is 13.0. The molecule has 0 aromatic carbocycles. The zero-order chi connectivity index (χ0) is 20.1. The van der Waals surface area contributed by atoms with Crippen molar-refractivity contribution in [3.63, 3.8) is 0 Å². The van der Waals surface area contributed by atoms with Crippen LogP contribution >= 0.6 is 15.2 Å². The standard InChI is InChI=1S/C16H26O8P2/c1-5-11-21-25(19,22-12-6-2)16(10-9-15(17)18)26(20,23-13-7-3)24-14-8-4/h5-8,16H,1-4,9-14H2,(H,17,18). The van der Waals surface area contributed by atoms with Gasteiger partial charge in [-0.3, -0.25) is 13.9 Å². The second-order valence-electron chi connectivity index (χ2n) is 4.83. The Morgan fingerprint density at radius 2 is 1.12 bits per heavy atom. The predicted molar refractivity (Wildman–Crippen MR) is 100 cm³/mol. The molecule has 0 aromatic rings. The first kappa shape index (κ1) is 24.7. The highest BCUT2D eigenvalue weighted by Crippen LogP contribution is 2.71. The van der Waals surface area contributed by atoms with E-state index >= 15 is 0 Å². The van der Waals surface area contributed by atoms with Crippen LogP contribution in [-0.2, 0) is 32.0 Å². The van der Waals surface area contributed by atoms with Crippen LogP contribution < -0.4 is 0 Å². The Bertz CT molecular complexity index is 513. The molecule has 0 amide bonds. The molecule has 0 heterocycles. The van der Waals surface area contributed by atoms with Crippen molar-refractivity contribution in [1.82, 2.24) is 0 Å². The summed E-state index contributed by atoms with van der Waals surface area (Å²) in [7, 11) is -8.22. The van der Waals surface area contributed by atoms with Gasteiger partial charge in [-0.1, -0.05) is 24.3 Å². The van der Waals surface area contributed by atoms with E-state index in [4.69, 9.17) is 23.2 Å². The molecule has 0 aliphatic heterocycles. The van der Waals surface area contributed by atoms with Crippen molar-refractivity contribution in [2.75, 3.05) is 26.4 Å². The minimum Gasteiger partial charge on any atom is -0.481 e. The molecule has 0 radical (unpaired) electrons. The van der Waals surface area contributed by atoms with E-state index in [0.29, 0.717) is 0 Å². The molecule has 0 unspecified atom stereocenters. The smallest absolute Gasteiger partial charge is 0.346 e. The first-order valence-corrected chi connectivity index (χ1v) is 10.9. The topological polar surface area (TPSA) is 108 Å². The van der Waals surface area contributed by atoms with Crippen LogP contribution in [0.1, 0.15) is 12.8 Å². The SMILES string of the molecule is C=CCOP(=O)(OCC=C)C(CCC(=O)O)P(=O)(OCC=C)OCC=C. The first-order chi connectivity index (χ1) is 12.3. The van der Waals surface area contributed by atoms with Crippen LogP contribution in [0.4, 0.5) is 0 Å². The summed E-state index contributed by atoms with van der Waals surface area (Å²) in [5.41, 5.74) is 0. The van der Waals surface area contributed by atoms with E-state index in [2.05, 4.69) is 26.3 Å². The van der Waals surface area contributed by atoms with Crippen LogP contribution in [0.3, 0.4) is 0 Å². The minimum absolute atomic E-state index is 0.166. The summed E-state index contributed by atoms with van der Waals surface area (Å²) in [5, 5.41) is 7.54. The molecule has 0 saturated heterocycles. The summed E-state index contributed by atoms with van der Waals surface area (Å²) in [5.74, 6) is -1.17. The zero-order valence-corrected chi connectivity index (χ0v) is 16.4. The number of carboxylic acid groups (broad SMARTS) is 1. The number of hydrogen-bond acceptors (Lipinski definition) is 7. The van der Waals surface area contributed by atoms with Crippen molar-refractivity contribution in [1.29, 1.82) is 0 Å². The van der Waals surface area contributed by atoms with E-state index in [1.165, 1.54) is 24.3 Å². The molecule has 0 spiro atoms. The molecule has 0 rings (SSSR count). The molecule has 8 nitrogen and oxygen atoms in total. The van der Waals surface area contributed by atoms with Crippen LogP contribution in [0.2, 0.25) is 0 Å². The first-order valence-electron chi connectivity index (χ1n) is 7.72. The molecule has 10 heteroatoms. The molecule has 0 bridgehead atoms. The molecule has 0 fully saturated rings.